The standard InChI is InChI=1S/C9H8N2OS/c10-4-3-9-11-7-5-6(12)1-2-8(7)13-9/h1-2,4-5,10,12H,3H2. The SMILES string of the molecule is N=CCc1nc2cc(O)ccc2s1. The summed E-state index contributed by atoms with van der Waals surface area (Å²) < 4.78 is 1.05. The van der Waals surface area contributed by atoms with Crippen LogP contribution in [0.4, 0.5) is 0 Å². The van der Waals surface area contributed by atoms with Gasteiger partial charge in [0.15, 0.2) is 0 Å². The van der Waals surface area contributed by atoms with Crippen LogP contribution in [0.1, 0.15) is 5.01 Å². The van der Waals surface area contributed by atoms with E-state index in [9.17, 15) is 5.11 Å². The highest BCUT2D eigenvalue weighted by Crippen LogP contribution is 2.25. The highest BCUT2D eigenvalue weighted by atomic mass is 32.1. The molecule has 1 aromatic carbocycles. The van der Waals surface area contributed by atoms with Crippen LogP contribution < -0.4 is 0 Å². The van der Waals surface area contributed by atoms with Crippen molar-refractivity contribution in [2.75, 3.05) is 0 Å². The molecule has 0 unspecified atom stereocenters. The van der Waals surface area contributed by atoms with Crippen molar-refractivity contribution in [3.8, 4) is 5.75 Å². The molecular formula is C9H8N2OS. The highest BCUT2D eigenvalue weighted by Gasteiger charge is 2.02. The Balaban J connectivity index is 2.55. The van der Waals surface area contributed by atoms with Crippen LogP contribution in [0.5, 0.6) is 5.75 Å². The third-order valence-corrected chi connectivity index (χ3v) is 2.75. The Kier molecular flexibility index (Phi) is 1.98. The summed E-state index contributed by atoms with van der Waals surface area (Å²) in [5.41, 5.74) is 0.807. The molecule has 2 N–H and O–H groups in total. The van der Waals surface area contributed by atoms with Crippen LogP contribution >= 0.6 is 11.3 Å². The minimum atomic E-state index is 0.235. The molecule has 4 heteroatoms. The maximum atomic E-state index is 9.19. The first-order chi connectivity index (χ1) is 6.29. The molecule has 1 aromatic heterocycles. The van der Waals surface area contributed by atoms with E-state index in [2.05, 4.69) is 4.98 Å². The van der Waals surface area contributed by atoms with Crippen LogP contribution in [-0.2, 0) is 6.42 Å². The lowest BCUT2D eigenvalue weighted by Gasteiger charge is -1.88. The van der Waals surface area contributed by atoms with Gasteiger partial charge in [-0.25, -0.2) is 4.98 Å². The maximum absolute atomic E-state index is 9.19. The van der Waals surface area contributed by atoms with Gasteiger partial charge in [-0.1, -0.05) is 0 Å². The highest BCUT2D eigenvalue weighted by molar-refractivity contribution is 7.18. The van der Waals surface area contributed by atoms with Gasteiger partial charge in [0.25, 0.3) is 0 Å². The molecule has 0 bridgehead atoms. The van der Waals surface area contributed by atoms with Crippen molar-refractivity contribution in [3.63, 3.8) is 0 Å². The Labute approximate surface area is 79.2 Å². The van der Waals surface area contributed by atoms with Gasteiger partial charge in [-0.3, -0.25) is 0 Å². The van der Waals surface area contributed by atoms with Crippen LogP contribution in [-0.4, -0.2) is 16.3 Å². The van der Waals surface area contributed by atoms with Gasteiger partial charge in [0.05, 0.1) is 15.2 Å². The molecule has 0 aliphatic heterocycles. The molecular weight excluding hydrogens is 184 g/mol. The molecule has 0 radical (unpaired) electrons. The number of nitrogens with zero attached hydrogens (tertiary/aromatic N) is 1. The molecule has 1 heterocycles. The Bertz CT molecular complexity index is 450. The van der Waals surface area contributed by atoms with E-state index in [1.807, 2.05) is 6.07 Å². The number of phenols is 1. The van der Waals surface area contributed by atoms with E-state index in [-0.39, 0.29) is 5.75 Å². The number of hydrogen-bond donors (Lipinski definition) is 2. The maximum Gasteiger partial charge on any atom is 0.117 e. The van der Waals surface area contributed by atoms with E-state index < -0.39 is 0 Å². The van der Waals surface area contributed by atoms with Crippen LogP contribution in [0.2, 0.25) is 0 Å². The van der Waals surface area contributed by atoms with Crippen molar-refractivity contribution in [2.45, 2.75) is 6.42 Å². The van der Waals surface area contributed by atoms with Gasteiger partial charge in [0.2, 0.25) is 0 Å². The van der Waals surface area contributed by atoms with E-state index in [0.29, 0.717) is 6.42 Å². The average molecular weight is 192 g/mol. The average Bonchev–Trinajstić information content (AvgIpc) is 2.46. The van der Waals surface area contributed by atoms with Gasteiger partial charge < -0.3 is 10.5 Å². The normalized spacial score (nSPS) is 10.5. The summed E-state index contributed by atoms with van der Waals surface area (Å²) in [5, 5.41) is 17.0. The summed E-state index contributed by atoms with van der Waals surface area (Å²) >= 11 is 1.56. The molecule has 0 saturated heterocycles. The van der Waals surface area contributed by atoms with Gasteiger partial charge in [-0.05, 0) is 12.1 Å². The second-order valence-corrected chi connectivity index (χ2v) is 3.78. The lowest BCUT2D eigenvalue weighted by Crippen LogP contribution is -1.80. The minimum absolute atomic E-state index is 0.235. The van der Waals surface area contributed by atoms with E-state index in [0.717, 1.165) is 15.2 Å². The third kappa shape index (κ3) is 1.53. The smallest absolute Gasteiger partial charge is 0.117 e. The fourth-order valence-electron chi connectivity index (χ4n) is 1.14. The number of phenolic OH excluding ortho intramolecular Hbond substituents is 1. The van der Waals surface area contributed by atoms with Gasteiger partial charge >= 0.3 is 0 Å². The van der Waals surface area contributed by atoms with Crippen LogP contribution in [0.3, 0.4) is 0 Å². The Hall–Kier alpha value is -1.42. The first-order valence-electron chi connectivity index (χ1n) is 3.87. The number of aromatic hydroxyl groups is 1. The number of thiazole rings is 1. The molecule has 0 spiro atoms. The largest absolute Gasteiger partial charge is 0.508 e. The quantitative estimate of drug-likeness (QED) is 0.716. The molecule has 13 heavy (non-hydrogen) atoms. The van der Waals surface area contributed by atoms with Crippen LogP contribution in [0.15, 0.2) is 18.2 Å². The second kappa shape index (κ2) is 3.14. The number of benzene rings is 1. The summed E-state index contributed by atoms with van der Waals surface area (Å²) in [4.78, 5) is 4.27. The van der Waals surface area contributed by atoms with Crippen molar-refractivity contribution >= 4 is 27.8 Å². The van der Waals surface area contributed by atoms with Crippen molar-refractivity contribution in [3.05, 3.63) is 23.2 Å². The molecule has 0 amide bonds. The zero-order valence-electron chi connectivity index (χ0n) is 6.82. The van der Waals surface area contributed by atoms with Crippen molar-refractivity contribution in [1.82, 2.24) is 4.98 Å². The molecule has 0 fully saturated rings. The Morgan fingerprint density at radius 1 is 1.54 bits per heavy atom. The summed E-state index contributed by atoms with van der Waals surface area (Å²) in [5.74, 6) is 0.235. The van der Waals surface area contributed by atoms with E-state index in [4.69, 9.17) is 5.41 Å². The molecule has 0 atom stereocenters. The summed E-state index contributed by atoms with van der Waals surface area (Å²) in [7, 11) is 0. The van der Waals surface area contributed by atoms with Gasteiger partial charge in [0, 0.05) is 18.7 Å². The zero-order chi connectivity index (χ0) is 9.26. The topological polar surface area (TPSA) is 57.0 Å². The molecule has 3 nitrogen and oxygen atoms in total. The Morgan fingerprint density at radius 3 is 3.15 bits per heavy atom. The lowest BCUT2D eigenvalue weighted by molar-refractivity contribution is 0.476. The molecule has 66 valence electrons. The van der Waals surface area contributed by atoms with Crippen LogP contribution in [0.25, 0.3) is 10.2 Å². The van der Waals surface area contributed by atoms with E-state index in [1.165, 1.54) is 6.21 Å². The number of fused-ring (bicyclic) bond motifs is 1. The lowest BCUT2D eigenvalue weighted by atomic mass is 10.3. The first-order valence-corrected chi connectivity index (χ1v) is 4.68. The molecule has 2 aromatic rings. The summed E-state index contributed by atoms with van der Waals surface area (Å²) in [6.07, 6.45) is 1.90. The Morgan fingerprint density at radius 2 is 2.38 bits per heavy atom. The fourth-order valence-corrected chi connectivity index (χ4v) is 2.05. The number of hydrogen-bond acceptors (Lipinski definition) is 4. The predicted octanol–water partition coefficient (Wildman–Crippen LogP) is 2.19. The van der Waals surface area contributed by atoms with Crippen molar-refractivity contribution < 1.29 is 5.11 Å². The molecule has 0 saturated carbocycles. The van der Waals surface area contributed by atoms with Crippen molar-refractivity contribution in [1.29, 1.82) is 5.41 Å². The van der Waals surface area contributed by atoms with Gasteiger partial charge in [0.1, 0.15) is 5.75 Å². The van der Waals surface area contributed by atoms with Gasteiger partial charge in [-0.15, -0.1) is 11.3 Å². The zero-order valence-corrected chi connectivity index (χ0v) is 7.64. The summed E-state index contributed by atoms with van der Waals surface area (Å²) in [6, 6.07) is 5.13. The van der Waals surface area contributed by atoms with E-state index in [1.54, 1.807) is 23.5 Å². The predicted molar refractivity (Wildman–Crippen MR) is 53.8 cm³/mol. The van der Waals surface area contributed by atoms with E-state index >= 15 is 0 Å². The van der Waals surface area contributed by atoms with Crippen LogP contribution in [0, 0.1) is 5.41 Å². The molecule has 0 aliphatic rings. The monoisotopic (exact) mass is 192 g/mol. The minimum Gasteiger partial charge on any atom is -0.508 e. The number of rotatable bonds is 2. The molecule has 2 rings (SSSR count). The van der Waals surface area contributed by atoms with Gasteiger partial charge in [-0.2, -0.15) is 0 Å². The number of aromatic nitrogens is 1. The molecule has 0 aliphatic carbocycles. The van der Waals surface area contributed by atoms with Crippen molar-refractivity contribution in [2.24, 2.45) is 0 Å². The fraction of sp³-hybridized carbons (Fsp3) is 0.111. The first kappa shape index (κ1) is 8.19. The third-order valence-electron chi connectivity index (χ3n) is 1.69. The number of nitrogens with one attached hydrogen (secondary N) is 1. The second-order valence-electron chi connectivity index (χ2n) is 2.67. The summed E-state index contributed by atoms with van der Waals surface area (Å²) in [6.45, 7) is 0.